The van der Waals surface area contributed by atoms with Gasteiger partial charge < -0.3 is 15.4 Å². The van der Waals surface area contributed by atoms with Crippen LogP contribution in [0.3, 0.4) is 0 Å². The molecule has 0 bridgehead atoms. The average molecular weight is 326 g/mol. The Morgan fingerprint density at radius 1 is 1.45 bits per heavy atom. The monoisotopic (exact) mass is 326 g/mol. The fraction of sp³-hybridized carbons (Fsp3) is 0.286. The third-order valence-corrected chi connectivity index (χ3v) is 3.06. The number of thiocarbonyl (C=S) groups is 1. The number of nitrogens with one attached hydrogen (secondary N) is 2. The zero-order valence-electron chi connectivity index (χ0n) is 12.1. The van der Waals surface area contributed by atoms with E-state index in [1.54, 1.807) is 23.0 Å². The molecule has 0 aliphatic heterocycles. The standard InChI is InChI=1S/C14H16F2N4OS/c1-9-3-4-12(21-13(15)16)11(5-9)19-14(22)17-6-10-7-18-20(2)8-10/h3-5,7-8,13H,6H2,1-2H3,(H2,17,19,22). The van der Waals surface area contributed by atoms with E-state index in [1.807, 2.05) is 20.2 Å². The van der Waals surface area contributed by atoms with Gasteiger partial charge in [-0.1, -0.05) is 6.07 Å². The molecule has 5 nitrogen and oxygen atoms in total. The van der Waals surface area contributed by atoms with Crippen LogP contribution in [0.1, 0.15) is 11.1 Å². The Bertz CT molecular complexity index is 660. The lowest BCUT2D eigenvalue weighted by atomic mass is 10.2. The van der Waals surface area contributed by atoms with E-state index in [9.17, 15) is 8.78 Å². The lowest BCUT2D eigenvalue weighted by Gasteiger charge is -2.14. The van der Waals surface area contributed by atoms with E-state index >= 15 is 0 Å². The molecule has 22 heavy (non-hydrogen) atoms. The molecule has 0 saturated heterocycles. The molecule has 0 aliphatic rings. The van der Waals surface area contributed by atoms with Gasteiger partial charge in [-0.15, -0.1) is 0 Å². The van der Waals surface area contributed by atoms with Crippen LogP contribution >= 0.6 is 12.2 Å². The van der Waals surface area contributed by atoms with Gasteiger partial charge in [-0.3, -0.25) is 4.68 Å². The molecule has 0 radical (unpaired) electrons. The molecule has 0 fully saturated rings. The molecule has 1 aromatic heterocycles. The number of hydrogen-bond acceptors (Lipinski definition) is 3. The highest BCUT2D eigenvalue weighted by Crippen LogP contribution is 2.27. The minimum Gasteiger partial charge on any atom is -0.433 e. The van der Waals surface area contributed by atoms with Crippen molar-refractivity contribution in [3.05, 3.63) is 41.7 Å². The SMILES string of the molecule is Cc1ccc(OC(F)F)c(NC(=S)NCc2cnn(C)c2)c1. The number of anilines is 1. The average Bonchev–Trinajstić information content (AvgIpc) is 2.85. The van der Waals surface area contributed by atoms with Gasteiger partial charge in [0.2, 0.25) is 0 Å². The van der Waals surface area contributed by atoms with Gasteiger partial charge in [0.05, 0.1) is 11.9 Å². The molecule has 0 unspecified atom stereocenters. The second-order valence-electron chi connectivity index (χ2n) is 4.71. The lowest BCUT2D eigenvalue weighted by molar-refractivity contribution is -0.0493. The van der Waals surface area contributed by atoms with Gasteiger partial charge in [0.1, 0.15) is 5.75 Å². The number of alkyl halides is 2. The van der Waals surface area contributed by atoms with Crippen molar-refractivity contribution >= 4 is 23.0 Å². The molecule has 1 heterocycles. The van der Waals surface area contributed by atoms with Crippen molar-refractivity contribution in [2.45, 2.75) is 20.1 Å². The van der Waals surface area contributed by atoms with E-state index in [1.165, 1.54) is 6.07 Å². The molecule has 2 rings (SSSR count). The van der Waals surface area contributed by atoms with Crippen molar-refractivity contribution in [2.75, 3.05) is 5.32 Å². The van der Waals surface area contributed by atoms with Crippen molar-refractivity contribution in [2.24, 2.45) is 7.05 Å². The van der Waals surface area contributed by atoms with E-state index in [2.05, 4.69) is 20.5 Å². The van der Waals surface area contributed by atoms with Gasteiger partial charge in [0.15, 0.2) is 5.11 Å². The third kappa shape index (κ3) is 4.66. The number of halogens is 2. The van der Waals surface area contributed by atoms with Crippen molar-refractivity contribution < 1.29 is 13.5 Å². The molecular weight excluding hydrogens is 310 g/mol. The summed E-state index contributed by atoms with van der Waals surface area (Å²) < 4.78 is 31.0. The van der Waals surface area contributed by atoms with E-state index in [4.69, 9.17) is 12.2 Å². The number of rotatable bonds is 5. The Balaban J connectivity index is 1.99. The molecule has 2 aromatic rings. The minimum absolute atomic E-state index is 0.0473. The molecule has 0 spiro atoms. The first-order valence-electron chi connectivity index (χ1n) is 6.52. The highest BCUT2D eigenvalue weighted by Gasteiger charge is 2.11. The largest absolute Gasteiger partial charge is 0.433 e. The maximum atomic E-state index is 12.4. The maximum Gasteiger partial charge on any atom is 0.387 e. The van der Waals surface area contributed by atoms with Crippen LogP contribution in [-0.4, -0.2) is 21.5 Å². The number of hydrogen-bond donors (Lipinski definition) is 2. The van der Waals surface area contributed by atoms with Gasteiger partial charge in [-0.25, -0.2) is 0 Å². The summed E-state index contributed by atoms with van der Waals surface area (Å²) >= 11 is 5.17. The predicted octanol–water partition coefficient (Wildman–Crippen LogP) is 2.82. The molecule has 2 N–H and O–H groups in total. The molecule has 0 amide bonds. The highest BCUT2D eigenvalue weighted by molar-refractivity contribution is 7.80. The fourth-order valence-electron chi connectivity index (χ4n) is 1.85. The Morgan fingerprint density at radius 3 is 2.86 bits per heavy atom. The molecule has 1 aromatic carbocycles. The first-order valence-corrected chi connectivity index (χ1v) is 6.92. The van der Waals surface area contributed by atoms with Gasteiger partial charge in [0.25, 0.3) is 0 Å². The summed E-state index contributed by atoms with van der Waals surface area (Å²) in [5.41, 5.74) is 2.25. The van der Waals surface area contributed by atoms with Crippen molar-refractivity contribution in [3.8, 4) is 5.75 Å². The Morgan fingerprint density at radius 2 is 2.23 bits per heavy atom. The summed E-state index contributed by atoms with van der Waals surface area (Å²) in [6.07, 6.45) is 3.57. The molecule has 0 aliphatic carbocycles. The van der Waals surface area contributed by atoms with E-state index in [0.29, 0.717) is 17.3 Å². The first kappa shape index (κ1) is 16.2. The Hall–Kier alpha value is -2.22. The normalized spacial score (nSPS) is 10.6. The summed E-state index contributed by atoms with van der Waals surface area (Å²) in [5, 5.41) is 10.2. The number of aryl methyl sites for hydroxylation is 2. The van der Waals surface area contributed by atoms with E-state index in [-0.39, 0.29) is 5.75 Å². The molecular formula is C14H16F2N4OS. The summed E-state index contributed by atoms with van der Waals surface area (Å²) in [4.78, 5) is 0. The van der Waals surface area contributed by atoms with Crippen LogP contribution in [0.2, 0.25) is 0 Å². The first-order chi connectivity index (χ1) is 10.4. The van der Waals surface area contributed by atoms with Crippen LogP contribution in [0.25, 0.3) is 0 Å². The van der Waals surface area contributed by atoms with Crippen LogP contribution in [0.15, 0.2) is 30.6 Å². The fourth-order valence-corrected chi connectivity index (χ4v) is 2.03. The topological polar surface area (TPSA) is 51.1 Å². The van der Waals surface area contributed by atoms with Crippen LogP contribution < -0.4 is 15.4 Å². The van der Waals surface area contributed by atoms with E-state index < -0.39 is 6.61 Å². The molecule has 8 heteroatoms. The van der Waals surface area contributed by atoms with E-state index in [0.717, 1.165) is 11.1 Å². The number of nitrogens with zero attached hydrogens (tertiary/aromatic N) is 2. The second kappa shape index (κ2) is 7.17. The zero-order chi connectivity index (χ0) is 16.1. The molecule has 0 atom stereocenters. The summed E-state index contributed by atoms with van der Waals surface area (Å²) in [6, 6.07) is 4.86. The Labute approximate surface area is 132 Å². The highest BCUT2D eigenvalue weighted by atomic mass is 32.1. The van der Waals surface area contributed by atoms with Crippen LogP contribution in [-0.2, 0) is 13.6 Å². The van der Waals surface area contributed by atoms with Crippen molar-refractivity contribution in [3.63, 3.8) is 0 Å². The lowest BCUT2D eigenvalue weighted by Crippen LogP contribution is -2.28. The van der Waals surface area contributed by atoms with Gasteiger partial charge in [-0.2, -0.15) is 13.9 Å². The van der Waals surface area contributed by atoms with Crippen LogP contribution in [0.5, 0.6) is 5.75 Å². The summed E-state index contributed by atoms with van der Waals surface area (Å²) in [6.45, 7) is -0.555. The van der Waals surface area contributed by atoms with Gasteiger partial charge in [0, 0.05) is 25.4 Å². The second-order valence-corrected chi connectivity index (χ2v) is 5.12. The van der Waals surface area contributed by atoms with Gasteiger partial charge in [-0.05, 0) is 36.8 Å². The summed E-state index contributed by atoms with van der Waals surface area (Å²) in [7, 11) is 1.82. The zero-order valence-corrected chi connectivity index (χ0v) is 13.0. The minimum atomic E-state index is -2.89. The number of ether oxygens (including phenoxy) is 1. The number of aromatic nitrogens is 2. The van der Waals surface area contributed by atoms with Crippen LogP contribution in [0, 0.1) is 6.92 Å². The molecule has 0 saturated carbocycles. The van der Waals surface area contributed by atoms with Crippen molar-refractivity contribution in [1.82, 2.24) is 15.1 Å². The summed E-state index contributed by atoms with van der Waals surface area (Å²) in [5.74, 6) is 0.0473. The van der Waals surface area contributed by atoms with Crippen LogP contribution in [0.4, 0.5) is 14.5 Å². The predicted molar refractivity (Wildman–Crippen MR) is 84.1 cm³/mol. The quantitative estimate of drug-likeness (QED) is 0.828. The number of benzene rings is 1. The van der Waals surface area contributed by atoms with Gasteiger partial charge >= 0.3 is 6.61 Å². The maximum absolute atomic E-state index is 12.4. The third-order valence-electron chi connectivity index (χ3n) is 2.81. The van der Waals surface area contributed by atoms with Crippen molar-refractivity contribution in [1.29, 1.82) is 0 Å². The Kier molecular flexibility index (Phi) is 5.26. The molecule has 118 valence electrons. The smallest absolute Gasteiger partial charge is 0.387 e.